The Bertz CT molecular complexity index is 3600. The van der Waals surface area contributed by atoms with Gasteiger partial charge < -0.3 is 23.7 Å². The lowest BCUT2D eigenvalue weighted by atomic mass is 9.69. The molecule has 0 aromatic heterocycles. The lowest BCUT2D eigenvalue weighted by molar-refractivity contribution is -0.225. The first-order chi connectivity index (χ1) is 61.3. The third-order valence-electron chi connectivity index (χ3n) is 30.9. The second kappa shape index (κ2) is 45.8. The van der Waals surface area contributed by atoms with Crippen molar-refractivity contribution in [1.29, 1.82) is 0 Å². The minimum atomic E-state index is -3.53. The molecule has 15 rings (SSSR count). The minimum absolute atomic E-state index is 0.329. The Hall–Kier alpha value is -6.65. The number of hydrogen-bond acceptors (Lipinski definition) is 5. The van der Waals surface area contributed by atoms with E-state index in [-0.39, 0.29) is 0 Å². The van der Waals surface area contributed by atoms with Crippen LogP contribution in [0.25, 0.3) is 0 Å². The number of halogens is 25. The Morgan fingerprint density at radius 3 is 0.354 bits per heavy atom. The van der Waals surface area contributed by atoms with Gasteiger partial charge in [-0.1, -0.05) is 98.8 Å². The van der Waals surface area contributed by atoms with E-state index in [0.29, 0.717) is 184 Å². The third kappa shape index (κ3) is 28.5. The number of benzene rings is 5. The summed E-state index contributed by atoms with van der Waals surface area (Å²) >= 11 is 0. The molecule has 5 aromatic carbocycles. The summed E-state index contributed by atoms with van der Waals surface area (Å²) in [5.41, 5.74) is 0. The maximum Gasteiger partial charge on any atom is 0.400 e. The number of ether oxygens (including phenoxy) is 5. The van der Waals surface area contributed by atoms with Crippen LogP contribution in [0.5, 0.6) is 28.7 Å². The van der Waals surface area contributed by atoms with Crippen LogP contribution in [0, 0.1) is 206 Å². The second-order valence-electron chi connectivity index (χ2n) is 40.0. The van der Waals surface area contributed by atoms with Gasteiger partial charge in [-0.3, -0.25) is 0 Å². The van der Waals surface area contributed by atoms with Crippen molar-refractivity contribution in [2.75, 3.05) is 0 Å². The van der Waals surface area contributed by atoms with E-state index in [1.54, 1.807) is 0 Å². The largest absolute Gasteiger partial charge is 0.432 e. The minimum Gasteiger partial charge on any atom is -0.432 e. The lowest BCUT2D eigenvalue weighted by Gasteiger charge is -2.38. The molecule has 30 heteroatoms. The highest BCUT2D eigenvalue weighted by molar-refractivity contribution is 5.29. The van der Waals surface area contributed by atoms with E-state index in [9.17, 15) is 110 Å². The van der Waals surface area contributed by atoms with Gasteiger partial charge in [-0.05, 0) is 281 Å². The molecule has 130 heavy (non-hydrogen) atoms. The maximum atomic E-state index is 14.4. The van der Waals surface area contributed by atoms with Gasteiger partial charge in [0.05, 0.1) is 29.6 Å². The van der Waals surface area contributed by atoms with E-state index in [4.69, 9.17) is 0 Å². The fourth-order valence-corrected chi connectivity index (χ4v) is 22.6. The Balaban J connectivity index is 0.000000157. The first-order valence-electron chi connectivity index (χ1n) is 47.4. The van der Waals surface area contributed by atoms with Gasteiger partial charge in [0, 0.05) is 60.7 Å². The SMILES string of the molecule is CC1CCC(C2CCC(C(F)(F)Oc3cc(F)c(F)c(F)c3)CC2)CC1.CC1CCC(C2CCC(C(F)(F)Oc3cc(F)c(F)c(F)c3)CC2)CC1.CC1CCC(C2CCC(C(F)(F)Oc3cc(F)c(F)c(F)c3)CC2)CC1.CC1CCC(C2CCC(C(F)(F)Oc3cc(F)c(F)c(F)c3)CC2)CC1.CC1CCC(C2CCC(C(F)(F)Oc3cc(F)c(F)c(F)c3)CC2)CC1. The monoisotopic (exact) mass is 1880 g/mol. The molecule has 730 valence electrons. The molecule has 0 bridgehead atoms. The summed E-state index contributed by atoms with van der Waals surface area (Å²) in [5.74, 6) is -22.8. The molecule has 5 nitrogen and oxygen atoms in total. The van der Waals surface area contributed by atoms with Crippen LogP contribution >= 0.6 is 0 Å². The Morgan fingerprint density at radius 1 is 0.162 bits per heavy atom. The molecule has 10 aliphatic carbocycles. The van der Waals surface area contributed by atoms with Gasteiger partial charge in [-0.15, -0.1) is 0 Å². The van der Waals surface area contributed by atoms with Crippen LogP contribution in [-0.2, 0) is 0 Å². The van der Waals surface area contributed by atoms with E-state index in [1.807, 2.05) is 0 Å². The lowest BCUT2D eigenvalue weighted by Crippen LogP contribution is -2.38. The zero-order valence-corrected chi connectivity index (χ0v) is 74.6. The van der Waals surface area contributed by atoms with E-state index >= 15 is 0 Å². The summed E-state index contributed by atoms with van der Waals surface area (Å²) in [5, 5.41) is 0. The highest BCUT2D eigenvalue weighted by Crippen LogP contribution is 2.53. The topological polar surface area (TPSA) is 46.2 Å². The normalized spacial score (nSPS) is 30.2. The van der Waals surface area contributed by atoms with Gasteiger partial charge in [0.2, 0.25) is 0 Å². The average molecular weight is 1880 g/mol. The van der Waals surface area contributed by atoms with Crippen molar-refractivity contribution in [1.82, 2.24) is 0 Å². The molecule has 0 unspecified atom stereocenters. The molecule has 0 N–H and O–H groups in total. The van der Waals surface area contributed by atoms with Gasteiger partial charge >= 0.3 is 30.5 Å². The zero-order chi connectivity index (χ0) is 94.5. The summed E-state index contributed by atoms with van der Waals surface area (Å²) in [6, 6.07) is 4.59. The van der Waals surface area contributed by atoms with Crippen LogP contribution in [-0.4, -0.2) is 30.5 Å². The van der Waals surface area contributed by atoms with Gasteiger partial charge in [0.1, 0.15) is 28.7 Å². The van der Waals surface area contributed by atoms with E-state index < -0.39 is 176 Å². The van der Waals surface area contributed by atoms with E-state index in [2.05, 4.69) is 58.3 Å². The molecular formula is C100H125F25O5. The fourth-order valence-electron chi connectivity index (χ4n) is 22.6. The third-order valence-corrected chi connectivity index (χ3v) is 30.9. The van der Waals surface area contributed by atoms with Crippen molar-refractivity contribution in [2.24, 2.45) is 118 Å². The van der Waals surface area contributed by atoms with Gasteiger partial charge in [-0.25, -0.2) is 65.9 Å². The summed E-state index contributed by atoms with van der Waals surface area (Å²) in [4.78, 5) is 0. The molecule has 10 saturated carbocycles. The second-order valence-corrected chi connectivity index (χ2v) is 40.0. The van der Waals surface area contributed by atoms with E-state index in [1.165, 1.54) is 128 Å². The van der Waals surface area contributed by atoms with Crippen molar-refractivity contribution >= 4 is 0 Å². The van der Waals surface area contributed by atoms with Crippen molar-refractivity contribution in [3.05, 3.63) is 148 Å². The Labute approximate surface area is 747 Å². The Morgan fingerprint density at radius 2 is 0.254 bits per heavy atom. The van der Waals surface area contributed by atoms with Crippen molar-refractivity contribution in [3.63, 3.8) is 0 Å². The van der Waals surface area contributed by atoms with Crippen LogP contribution in [0.2, 0.25) is 0 Å². The smallest absolute Gasteiger partial charge is 0.400 e. The highest BCUT2D eigenvalue weighted by atomic mass is 19.3. The molecule has 0 saturated heterocycles. The fraction of sp³-hybridized carbons (Fsp3) is 0.700. The zero-order valence-electron chi connectivity index (χ0n) is 74.6. The van der Waals surface area contributed by atoms with E-state index in [0.717, 1.165) is 93.8 Å². The molecule has 5 aromatic rings. The van der Waals surface area contributed by atoms with Crippen molar-refractivity contribution in [3.8, 4) is 28.7 Å². The standard InChI is InChI=1S/5C20H25F5O/c5*1-12-2-4-13(5-3-12)14-6-8-15(9-7-14)20(24,25)26-16-10-17(21)19(23)18(22)11-16/h5*10-15H,2-9H2,1H3. The van der Waals surface area contributed by atoms with Gasteiger partial charge in [0.25, 0.3) is 0 Å². The quantitative estimate of drug-likeness (QED) is 0.0574. The molecule has 0 atom stereocenters. The molecule has 0 radical (unpaired) electrons. The summed E-state index contributed by atoms with van der Waals surface area (Å²) < 4.78 is 364. The molecule has 10 fully saturated rings. The maximum absolute atomic E-state index is 14.4. The first-order valence-corrected chi connectivity index (χ1v) is 47.4. The Kier molecular flexibility index (Phi) is 36.6. The molecule has 0 spiro atoms. The van der Waals surface area contributed by atoms with Crippen LogP contribution in [0.15, 0.2) is 60.7 Å². The number of alkyl halides is 10. The molecule has 0 amide bonds. The van der Waals surface area contributed by atoms with Crippen molar-refractivity contribution < 1.29 is 133 Å². The summed E-state index contributed by atoms with van der Waals surface area (Å²) in [6.45, 7) is 11.3. The van der Waals surface area contributed by atoms with Crippen LogP contribution < -0.4 is 23.7 Å². The molecule has 0 heterocycles. The van der Waals surface area contributed by atoms with Gasteiger partial charge in [-0.2, -0.15) is 43.9 Å². The summed E-state index contributed by atoms with van der Waals surface area (Å²) in [7, 11) is 0. The average Bonchev–Trinajstić information content (AvgIpc) is 0.818. The van der Waals surface area contributed by atoms with Crippen LogP contribution in [0.1, 0.15) is 291 Å². The predicted molar refractivity (Wildman–Crippen MR) is 442 cm³/mol. The molecular weight excluding hydrogens is 1760 g/mol. The highest BCUT2D eigenvalue weighted by Gasteiger charge is 2.51. The summed E-state index contributed by atoms with van der Waals surface area (Å²) in [6.07, 6.45) is 16.9. The van der Waals surface area contributed by atoms with Crippen molar-refractivity contribution in [2.45, 2.75) is 322 Å². The predicted octanol–water partition coefficient (Wildman–Crippen LogP) is 33.5. The molecule has 10 aliphatic rings. The van der Waals surface area contributed by atoms with Crippen LogP contribution in [0.4, 0.5) is 110 Å². The molecule has 0 aliphatic heterocycles. The number of rotatable bonds is 20. The van der Waals surface area contributed by atoms with Gasteiger partial charge in [0.15, 0.2) is 87.3 Å². The first kappa shape index (κ1) is 104. The van der Waals surface area contributed by atoms with Crippen LogP contribution in [0.3, 0.4) is 0 Å². The number of hydrogen-bond donors (Lipinski definition) is 0.